The van der Waals surface area contributed by atoms with Crippen molar-refractivity contribution in [3.8, 4) is 0 Å². The van der Waals surface area contributed by atoms with Crippen LogP contribution in [0, 0.1) is 5.92 Å². The second-order valence-electron chi connectivity index (χ2n) is 5.82. The Labute approximate surface area is 115 Å². The lowest BCUT2D eigenvalue weighted by Crippen LogP contribution is -2.46. The molecule has 1 aromatic heterocycles. The number of anilines is 1. The SMILES string of the molecule is CNc1cc(CN2CCN(CC3CC3)CC2)ccn1. The van der Waals surface area contributed by atoms with Crippen LogP contribution in [0.3, 0.4) is 0 Å². The third-order valence-corrected chi connectivity index (χ3v) is 4.16. The maximum atomic E-state index is 4.26. The van der Waals surface area contributed by atoms with Crippen LogP contribution < -0.4 is 5.32 Å². The summed E-state index contributed by atoms with van der Waals surface area (Å²) in [6.45, 7) is 7.26. The highest BCUT2D eigenvalue weighted by molar-refractivity contribution is 5.36. The van der Waals surface area contributed by atoms with E-state index in [4.69, 9.17) is 0 Å². The van der Waals surface area contributed by atoms with Gasteiger partial charge in [0.2, 0.25) is 0 Å². The lowest BCUT2D eigenvalue weighted by atomic mass is 10.2. The third-order valence-electron chi connectivity index (χ3n) is 4.16. The van der Waals surface area contributed by atoms with Crippen molar-refractivity contribution in [2.75, 3.05) is 45.1 Å². The Hall–Kier alpha value is -1.13. The second-order valence-corrected chi connectivity index (χ2v) is 5.82. The molecule has 0 radical (unpaired) electrons. The van der Waals surface area contributed by atoms with E-state index in [1.54, 1.807) is 0 Å². The van der Waals surface area contributed by atoms with Gasteiger partial charge >= 0.3 is 0 Å². The van der Waals surface area contributed by atoms with Gasteiger partial charge in [0.25, 0.3) is 0 Å². The van der Waals surface area contributed by atoms with Crippen molar-refractivity contribution in [2.24, 2.45) is 5.92 Å². The van der Waals surface area contributed by atoms with Crippen molar-refractivity contribution in [3.05, 3.63) is 23.9 Å². The average molecular weight is 260 g/mol. The largest absolute Gasteiger partial charge is 0.373 e. The van der Waals surface area contributed by atoms with E-state index in [1.165, 1.54) is 51.1 Å². The Bertz CT molecular complexity index is 408. The summed E-state index contributed by atoms with van der Waals surface area (Å²) in [5, 5.41) is 3.10. The fourth-order valence-corrected chi connectivity index (χ4v) is 2.76. The molecule has 1 saturated heterocycles. The van der Waals surface area contributed by atoms with Crippen molar-refractivity contribution < 1.29 is 0 Å². The van der Waals surface area contributed by atoms with Crippen LogP contribution in [0.4, 0.5) is 5.82 Å². The van der Waals surface area contributed by atoms with Crippen LogP contribution >= 0.6 is 0 Å². The first-order valence-corrected chi connectivity index (χ1v) is 7.41. The van der Waals surface area contributed by atoms with Gasteiger partial charge in [0.1, 0.15) is 5.82 Å². The standard InChI is InChI=1S/C15H24N4/c1-16-15-10-14(4-5-17-15)12-19-8-6-18(7-9-19)11-13-2-3-13/h4-5,10,13H,2-3,6-9,11-12H2,1H3,(H,16,17). The third kappa shape index (κ3) is 3.67. The monoisotopic (exact) mass is 260 g/mol. The van der Waals surface area contributed by atoms with Gasteiger partial charge < -0.3 is 10.2 Å². The summed E-state index contributed by atoms with van der Waals surface area (Å²) >= 11 is 0. The van der Waals surface area contributed by atoms with E-state index >= 15 is 0 Å². The van der Waals surface area contributed by atoms with Gasteiger partial charge in [-0.1, -0.05) is 0 Å². The minimum Gasteiger partial charge on any atom is -0.373 e. The smallest absolute Gasteiger partial charge is 0.125 e. The topological polar surface area (TPSA) is 31.4 Å². The van der Waals surface area contributed by atoms with Gasteiger partial charge in [0.05, 0.1) is 0 Å². The Morgan fingerprint density at radius 2 is 1.95 bits per heavy atom. The molecule has 1 aromatic rings. The first-order chi connectivity index (χ1) is 9.33. The molecular formula is C15H24N4. The van der Waals surface area contributed by atoms with E-state index in [0.717, 1.165) is 18.3 Å². The highest BCUT2D eigenvalue weighted by atomic mass is 15.3. The van der Waals surface area contributed by atoms with E-state index in [-0.39, 0.29) is 0 Å². The normalized spacial score (nSPS) is 21.5. The molecule has 0 aromatic carbocycles. The summed E-state index contributed by atoms with van der Waals surface area (Å²) in [5.41, 5.74) is 1.36. The number of piperazine rings is 1. The summed E-state index contributed by atoms with van der Waals surface area (Å²) < 4.78 is 0. The van der Waals surface area contributed by atoms with Crippen molar-refractivity contribution in [2.45, 2.75) is 19.4 Å². The minimum atomic E-state index is 0.963. The molecule has 2 heterocycles. The van der Waals surface area contributed by atoms with Crippen LogP contribution in [0.2, 0.25) is 0 Å². The average Bonchev–Trinajstić information content (AvgIpc) is 3.25. The van der Waals surface area contributed by atoms with Gasteiger partial charge in [-0.15, -0.1) is 0 Å². The number of hydrogen-bond donors (Lipinski definition) is 1. The maximum absolute atomic E-state index is 4.26. The summed E-state index contributed by atoms with van der Waals surface area (Å²) in [6.07, 6.45) is 4.82. The Morgan fingerprint density at radius 1 is 1.21 bits per heavy atom. The second kappa shape index (κ2) is 5.88. The maximum Gasteiger partial charge on any atom is 0.125 e. The zero-order valence-corrected chi connectivity index (χ0v) is 11.8. The summed E-state index contributed by atoms with van der Waals surface area (Å²) in [7, 11) is 1.92. The molecule has 104 valence electrons. The molecule has 2 fully saturated rings. The lowest BCUT2D eigenvalue weighted by Gasteiger charge is -2.34. The quantitative estimate of drug-likeness (QED) is 0.872. The van der Waals surface area contributed by atoms with E-state index in [0.29, 0.717) is 0 Å². The molecule has 0 amide bonds. The molecule has 0 unspecified atom stereocenters. The van der Waals surface area contributed by atoms with E-state index in [2.05, 4.69) is 32.2 Å². The number of nitrogens with zero attached hydrogens (tertiary/aromatic N) is 3. The molecule has 1 aliphatic carbocycles. The lowest BCUT2D eigenvalue weighted by molar-refractivity contribution is 0.123. The number of rotatable bonds is 5. The molecular weight excluding hydrogens is 236 g/mol. The van der Waals surface area contributed by atoms with Gasteiger partial charge in [-0.3, -0.25) is 4.90 Å². The number of hydrogen-bond acceptors (Lipinski definition) is 4. The highest BCUT2D eigenvalue weighted by Gasteiger charge is 2.26. The predicted molar refractivity (Wildman–Crippen MR) is 78.2 cm³/mol. The Kier molecular flexibility index (Phi) is 3.99. The van der Waals surface area contributed by atoms with Gasteiger partial charge in [0, 0.05) is 52.5 Å². The van der Waals surface area contributed by atoms with Crippen molar-refractivity contribution in [3.63, 3.8) is 0 Å². The molecule has 4 heteroatoms. The molecule has 4 nitrogen and oxygen atoms in total. The van der Waals surface area contributed by atoms with Crippen LogP contribution in [0.15, 0.2) is 18.3 Å². The molecule has 1 aliphatic heterocycles. The molecule has 2 aliphatic rings. The Morgan fingerprint density at radius 3 is 2.63 bits per heavy atom. The van der Waals surface area contributed by atoms with Crippen molar-refractivity contribution in [1.82, 2.24) is 14.8 Å². The molecule has 1 saturated carbocycles. The van der Waals surface area contributed by atoms with Crippen molar-refractivity contribution in [1.29, 1.82) is 0 Å². The van der Waals surface area contributed by atoms with Crippen LogP contribution in [0.1, 0.15) is 18.4 Å². The zero-order valence-electron chi connectivity index (χ0n) is 11.8. The zero-order chi connectivity index (χ0) is 13.1. The fraction of sp³-hybridized carbons (Fsp3) is 0.667. The van der Waals surface area contributed by atoms with E-state index in [1.807, 2.05) is 13.2 Å². The summed E-state index contributed by atoms with van der Waals surface area (Å²) in [4.78, 5) is 9.46. The van der Waals surface area contributed by atoms with Crippen LogP contribution in [0.25, 0.3) is 0 Å². The van der Waals surface area contributed by atoms with Gasteiger partial charge in [0.15, 0.2) is 0 Å². The van der Waals surface area contributed by atoms with Crippen LogP contribution in [-0.4, -0.2) is 54.6 Å². The summed E-state index contributed by atoms with van der Waals surface area (Å²) in [5.74, 6) is 1.98. The van der Waals surface area contributed by atoms with Gasteiger partial charge in [-0.05, 0) is 36.5 Å². The highest BCUT2D eigenvalue weighted by Crippen LogP contribution is 2.29. The number of aromatic nitrogens is 1. The molecule has 0 spiro atoms. The Balaban J connectivity index is 1.48. The number of nitrogens with one attached hydrogen (secondary N) is 1. The molecule has 0 atom stereocenters. The first-order valence-electron chi connectivity index (χ1n) is 7.41. The van der Waals surface area contributed by atoms with Gasteiger partial charge in [-0.25, -0.2) is 4.98 Å². The minimum absolute atomic E-state index is 0.963. The van der Waals surface area contributed by atoms with Crippen LogP contribution in [-0.2, 0) is 6.54 Å². The molecule has 0 bridgehead atoms. The molecule has 3 rings (SSSR count). The first kappa shape index (κ1) is 12.9. The van der Waals surface area contributed by atoms with E-state index < -0.39 is 0 Å². The molecule has 1 N–H and O–H groups in total. The van der Waals surface area contributed by atoms with Gasteiger partial charge in [-0.2, -0.15) is 0 Å². The summed E-state index contributed by atoms with van der Waals surface area (Å²) in [6, 6.07) is 4.27. The van der Waals surface area contributed by atoms with Crippen molar-refractivity contribution >= 4 is 5.82 Å². The fourth-order valence-electron chi connectivity index (χ4n) is 2.76. The molecule has 19 heavy (non-hydrogen) atoms. The number of pyridine rings is 1. The predicted octanol–water partition coefficient (Wildman–Crippen LogP) is 1.65. The van der Waals surface area contributed by atoms with E-state index in [9.17, 15) is 0 Å². The van der Waals surface area contributed by atoms with Crippen LogP contribution in [0.5, 0.6) is 0 Å².